The molecule has 5 nitrogen and oxygen atoms in total. The monoisotopic (exact) mass is 170 g/mol. The molecule has 1 aromatic heterocycles. The third kappa shape index (κ3) is 0.981. The largest absolute Gasteiger partial charge is 0.479 e. The van der Waals surface area contributed by atoms with Crippen LogP contribution in [0.3, 0.4) is 0 Å². The van der Waals surface area contributed by atoms with Crippen molar-refractivity contribution in [2.75, 3.05) is 20.2 Å². The molecule has 2 rings (SSSR count). The average Bonchev–Trinajstić information content (AvgIpc) is 2.48. The van der Waals surface area contributed by atoms with Crippen LogP contribution in [0.2, 0.25) is 0 Å². The van der Waals surface area contributed by atoms with Crippen LogP contribution < -0.4 is 10.1 Å². The van der Waals surface area contributed by atoms with Crippen LogP contribution in [0.5, 0.6) is 5.88 Å². The third-order valence-electron chi connectivity index (χ3n) is 1.99. The Morgan fingerprint density at radius 2 is 2.50 bits per heavy atom. The first-order valence-electron chi connectivity index (χ1n) is 3.69. The maximum absolute atomic E-state index is 9.74. The van der Waals surface area contributed by atoms with E-state index in [2.05, 4.69) is 10.5 Å². The van der Waals surface area contributed by atoms with Crippen LogP contribution in [-0.4, -0.2) is 30.5 Å². The van der Waals surface area contributed by atoms with E-state index in [1.54, 1.807) is 6.07 Å². The molecular weight excluding hydrogens is 160 g/mol. The highest BCUT2D eigenvalue weighted by molar-refractivity contribution is 5.20. The molecule has 66 valence electrons. The van der Waals surface area contributed by atoms with Crippen molar-refractivity contribution in [3.63, 3.8) is 0 Å². The molecule has 0 unspecified atom stereocenters. The summed E-state index contributed by atoms with van der Waals surface area (Å²) >= 11 is 0. The predicted molar refractivity (Wildman–Crippen MR) is 39.8 cm³/mol. The second kappa shape index (κ2) is 2.46. The van der Waals surface area contributed by atoms with Crippen molar-refractivity contribution in [1.82, 2.24) is 10.5 Å². The minimum atomic E-state index is -0.885. The molecule has 12 heavy (non-hydrogen) atoms. The highest BCUT2D eigenvalue weighted by Crippen LogP contribution is 2.27. The molecule has 1 aliphatic rings. The number of rotatable bonds is 2. The SMILES string of the molecule is COc1cc(C2(O)CNC2)on1. The van der Waals surface area contributed by atoms with E-state index in [-0.39, 0.29) is 0 Å². The number of β-amino-alcohol motifs (C(OH)–C–C–N with tert-alkyl or cyclic N) is 1. The smallest absolute Gasteiger partial charge is 0.254 e. The van der Waals surface area contributed by atoms with E-state index >= 15 is 0 Å². The second-order valence-corrected chi connectivity index (χ2v) is 2.87. The first kappa shape index (κ1) is 7.57. The molecule has 0 atom stereocenters. The summed E-state index contributed by atoms with van der Waals surface area (Å²) in [4.78, 5) is 0. The summed E-state index contributed by atoms with van der Waals surface area (Å²) in [5.41, 5.74) is -0.885. The van der Waals surface area contributed by atoms with Crippen molar-refractivity contribution < 1.29 is 14.4 Å². The third-order valence-corrected chi connectivity index (χ3v) is 1.99. The standard InChI is InChI=1S/C7H10N2O3/c1-11-6-2-5(12-9-6)7(10)3-8-4-7/h2,8,10H,3-4H2,1H3. The minimum Gasteiger partial charge on any atom is -0.479 e. The lowest BCUT2D eigenvalue weighted by atomic mass is 9.94. The van der Waals surface area contributed by atoms with E-state index in [1.807, 2.05) is 0 Å². The van der Waals surface area contributed by atoms with Gasteiger partial charge >= 0.3 is 0 Å². The zero-order valence-corrected chi connectivity index (χ0v) is 6.70. The van der Waals surface area contributed by atoms with Crippen molar-refractivity contribution >= 4 is 0 Å². The molecule has 1 fully saturated rings. The lowest BCUT2D eigenvalue weighted by Crippen LogP contribution is -2.56. The highest BCUT2D eigenvalue weighted by atomic mass is 16.5. The molecule has 5 heteroatoms. The molecule has 0 saturated carbocycles. The first-order valence-corrected chi connectivity index (χ1v) is 3.69. The van der Waals surface area contributed by atoms with Gasteiger partial charge in [0, 0.05) is 19.2 Å². The van der Waals surface area contributed by atoms with Gasteiger partial charge in [-0.05, 0) is 5.16 Å². The highest BCUT2D eigenvalue weighted by Gasteiger charge is 2.40. The number of methoxy groups -OCH3 is 1. The summed E-state index contributed by atoms with van der Waals surface area (Å²) < 4.78 is 9.72. The predicted octanol–water partition coefficient (Wildman–Crippen LogP) is -0.526. The van der Waals surface area contributed by atoms with Gasteiger partial charge < -0.3 is 19.7 Å². The van der Waals surface area contributed by atoms with Gasteiger partial charge in [-0.15, -0.1) is 0 Å². The Morgan fingerprint density at radius 1 is 1.75 bits per heavy atom. The summed E-state index contributed by atoms with van der Waals surface area (Å²) in [6, 6.07) is 1.60. The molecule has 1 saturated heterocycles. The summed E-state index contributed by atoms with van der Waals surface area (Å²) in [6.07, 6.45) is 0. The number of ether oxygens (including phenoxy) is 1. The normalized spacial score (nSPS) is 20.2. The molecule has 0 aromatic carbocycles. The first-order chi connectivity index (χ1) is 5.74. The Labute approximate surface area is 69.3 Å². The molecule has 0 bridgehead atoms. The fourth-order valence-electron chi connectivity index (χ4n) is 1.11. The van der Waals surface area contributed by atoms with Gasteiger partial charge in [-0.1, -0.05) is 0 Å². The lowest BCUT2D eigenvalue weighted by Gasteiger charge is -2.34. The van der Waals surface area contributed by atoms with Crippen LogP contribution in [0.4, 0.5) is 0 Å². The summed E-state index contributed by atoms with van der Waals surface area (Å²) in [6.45, 7) is 1.01. The summed E-state index contributed by atoms with van der Waals surface area (Å²) in [5.74, 6) is 0.850. The Balaban J connectivity index is 2.22. The molecule has 2 heterocycles. The number of hydrogen-bond acceptors (Lipinski definition) is 5. The van der Waals surface area contributed by atoms with Gasteiger partial charge in [-0.2, -0.15) is 0 Å². The van der Waals surface area contributed by atoms with E-state index in [0.29, 0.717) is 24.7 Å². The number of nitrogens with zero attached hydrogens (tertiary/aromatic N) is 1. The maximum atomic E-state index is 9.74. The van der Waals surface area contributed by atoms with E-state index in [9.17, 15) is 5.11 Å². The Morgan fingerprint density at radius 3 is 2.92 bits per heavy atom. The zero-order chi connectivity index (χ0) is 8.60. The van der Waals surface area contributed by atoms with E-state index < -0.39 is 5.60 Å². The molecule has 0 aliphatic carbocycles. The van der Waals surface area contributed by atoms with Crippen LogP contribution in [0, 0.1) is 0 Å². The van der Waals surface area contributed by atoms with Crippen LogP contribution in [0.25, 0.3) is 0 Å². The average molecular weight is 170 g/mol. The Bertz CT molecular complexity index is 280. The van der Waals surface area contributed by atoms with Crippen molar-refractivity contribution in [3.05, 3.63) is 11.8 Å². The molecule has 1 aromatic rings. The molecule has 2 N–H and O–H groups in total. The summed E-state index contributed by atoms with van der Waals surface area (Å²) in [5, 5.41) is 16.3. The van der Waals surface area contributed by atoms with Crippen LogP contribution >= 0.6 is 0 Å². The number of nitrogens with one attached hydrogen (secondary N) is 1. The van der Waals surface area contributed by atoms with E-state index in [1.165, 1.54) is 7.11 Å². The fourth-order valence-corrected chi connectivity index (χ4v) is 1.11. The number of aliphatic hydroxyl groups is 1. The van der Waals surface area contributed by atoms with Crippen molar-refractivity contribution in [2.45, 2.75) is 5.60 Å². The van der Waals surface area contributed by atoms with Gasteiger partial charge in [0.2, 0.25) is 0 Å². The van der Waals surface area contributed by atoms with Crippen LogP contribution in [-0.2, 0) is 5.60 Å². The van der Waals surface area contributed by atoms with Crippen molar-refractivity contribution in [2.24, 2.45) is 0 Å². The van der Waals surface area contributed by atoms with Gasteiger partial charge in [-0.25, -0.2) is 0 Å². The molecule has 0 radical (unpaired) electrons. The quantitative estimate of drug-likeness (QED) is 0.624. The van der Waals surface area contributed by atoms with E-state index in [4.69, 9.17) is 9.26 Å². The Hall–Kier alpha value is -1.07. The van der Waals surface area contributed by atoms with Gasteiger partial charge in [0.05, 0.1) is 7.11 Å². The molecular formula is C7H10N2O3. The van der Waals surface area contributed by atoms with E-state index in [0.717, 1.165) is 0 Å². The van der Waals surface area contributed by atoms with Crippen molar-refractivity contribution in [1.29, 1.82) is 0 Å². The fraction of sp³-hybridized carbons (Fsp3) is 0.571. The second-order valence-electron chi connectivity index (χ2n) is 2.87. The van der Waals surface area contributed by atoms with Crippen molar-refractivity contribution in [3.8, 4) is 5.88 Å². The molecule has 0 spiro atoms. The zero-order valence-electron chi connectivity index (χ0n) is 6.70. The van der Waals surface area contributed by atoms with Gasteiger partial charge in [0.1, 0.15) is 5.60 Å². The lowest BCUT2D eigenvalue weighted by molar-refractivity contribution is -0.0373. The van der Waals surface area contributed by atoms with Crippen LogP contribution in [0.15, 0.2) is 10.6 Å². The molecule has 1 aliphatic heterocycles. The maximum Gasteiger partial charge on any atom is 0.254 e. The van der Waals surface area contributed by atoms with Gasteiger partial charge in [0.25, 0.3) is 5.88 Å². The minimum absolute atomic E-state index is 0.394. The van der Waals surface area contributed by atoms with Crippen LogP contribution in [0.1, 0.15) is 5.76 Å². The molecule has 0 amide bonds. The topological polar surface area (TPSA) is 67.5 Å². The number of hydrogen-bond donors (Lipinski definition) is 2. The van der Waals surface area contributed by atoms with Gasteiger partial charge in [0.15, 0.2) is 5.76 Å². The van der Waals surface area contributed by atoms with Gasteiger partial charge in [-0.3, -0.25) is 0 Å². The number of aromatic nitrogens is 1. The summed E-state index contributed by atoms with van der Waals surface area (Å²) in [7, 11) is 1.50. The Kier molecular flexibility index (Phi) is 1.55.